The second kappa shape index (κ2) is 15.4. The number of rotatable bonds is 8. The van der Waals surface area contributed by atoms with E-state index in [4.69, 9.17) is 4.74 Å². The van der Waals surface area contributed by atoms with Crippen molar-refractivity contribution in [2.24, 2.45) is 0 Å². The first kappa shape index (κ1) is 37.2. The van der Waals surface area contributed by atoms with Crippen molar-refractivity contribution in [3.8, 4) is 5.75 Å². The van der Waals surface area contributed by atoms with Gasteiger partial charge in [-0.25, -0.2) is 35.1 Å². The lowest BCUT2D eigenvalue weighted by Crippen LogP contribution is -2.76. The summed E-state index contributed by atoms with van der Waals surface area (Å²) >= 11 is 0. The normalized spacial score (nSPS) is 11.4. The molecule has 262 valence electrons. The number of fused-ring (bicyclic) bond motifs is 1. The van der Waals surface area contributed by atoms with Crippen molar-refractivity contribution in [2.75, 3.05) is 25.4 Å². The number of hydrogen-bond acceptors (Lipinski definition) is 2. The van der Waals surface area contributed by atoms with Gasteiger partial charge < -0.3 is 4.74 Å². The Morgan fingerprint density at radius 1 is 0.549 bits per heavy atom. The van der Waals surface area contributed by atoms with Crippen molar-refractivity contribution in [1.82, 2.24) is 0 Å². The highest BCUT2D eigenvalue weighted by atomic mass is 32.2. The fourth-order valence-electron chi connectivity index (χ4n) is 6.37. The van der Waals surface area contributed by atoms with Gasteiger partial charge in [0.1, 0.15) is 41.0 Å². The van der Waals surface area contributed by atoms with Crippen molar-refractivity contribution in [3.63, 3.8) is 0 Å². The Kier molecular flexibility index (Phi) is 11.2. The highest BCUT2D eigenvalue weighted by molar-refractivity contribution is 7.96. The van der Waals surface area contributed by atoms with E-state index in [0.717, 1.165) is 94.9 Å². The molecular formula is C39H29BF8O2S. The van der Waals surface area contributed by atoms with Gasteiger partial charge >= 0.3 is 0 Å². The van der Waals surface area contributed by atoms with Gasteiger partial charge in [0.15, 0.2) is 23.2 Å². The summed E-state index contributed by atoms with van der Waals surface area (Å²) in [6.07, 6.45) is 0.915. The summed E-state index contributed by atoms with van der Waals surface area (Å²) < 4.78 is 120. The highest BCUT2D eigenvalue weighted by Crippen LogP contribution is 2.29. The van der Waals surface area contributed by atoms with Gasteiger partial charge in [-0.15, -0.1) is 5.46 Å². The zero-order valence-corrected chi connectivity index (χ0v) is 28.2. The number of ether oxygens (including phenoxy) is 1. The molecule has 6 aromatic rings. The van der Waals surface area contributed by atoms with Gasteiger partial charge in [-0.05, 0) is 64.8 Å². The second-order valence-electron chi connectivity index (χ2n) is 11.9. The molecule has 0 saturated carbocycles. The van der Waals surface area contributed by atoms with Crippen LogP contribution in [0.3, 0.4) is 0 Å². The van der Waals surface area contributed by atoms with Crippen molar-refractivity contribution >= 4 is 55.4 Å². The third-order valence-corrected chi connectivity index (χ3v) is 9.45. The monoisotopic (exact) mass is 724 g/mol. The van der Waals surface area contributed by atoms with E-state index in [2.05, 4.69) is 12.5 Å². The molecule has 0 N–H and O–H groups in total. The minimum atomic E-state index is -3.26. The molecule has 0 aromatic heterocycles. The van der Waals surface area contributed by atoms with Crippen LogP contribution in [0.5, 0.6) is 5.75 Å². The minimum Gasteiger partial charge on any atom is -0.496 e. The van der Waals surface area contributed by atoms with Crippen molar-refractivity contribution in [1.29, 1.82) is 0 Å². The summed E-state index contributed by atoms with van der Waals surface area (Å²) in [6, 6.07) is 24.1. The maximum atomic E-state index is 15.3. The summed E-state index contributed by atoms with van der Waals surface area (Å²) in [5.41, 5.74) is -0.544. The maximum absolute atomic E-state index is 15.3. The molecule has 0 amide bonds. The molecule has 6 rings (SSSR count). The second-order valence-corrected chi connectivity index (χ2v) is 14.2. The molecule has 0 aliphatic carbocycles. The van der Waals surface area contributed by atoms with Crippen molar-refractivity contribution < 1.29 is 44.7 Å². The lowest BCUT2D eigenvalue weighted by Gasteiger charge is -2.44. The molecule has 0 spiro atoms. The van der Waals surface area contributed by atoms with E-state index in [1.165, 1.54) is 0 Å². The average molecular weight is 725 g/mol. The molecule has 0 heterocycles. The van der Waals surface area contributed by atoms with Crippen LogP contribution in [-0.4, -0.2) is 37.3 Å². The first-order valence-corrected chi connectivity index (χ1v) is 17.6. The molecule has 0 aliphatic heterocycles. The molecule has 0 saturated heterocycles. The standard InChI is InChI=1S/C24H12BF8.C15H17O2S/c26-16-7-1-13(2-8-16)25(14-3-9-17(27)10-4-14,15-5-11-18(28)12-6-15)19-20(29)22(31)24(33)23(32)21(19)30;1-17-15-9-8-12(14(16)10-18(2)3)11-6-4-5-7-13(11)15/h1-12H;4-9H,10H2,1-3H3/q-1;+1. The number of carbonyl (C=O) groups excluding carboxylic acids is 1. The third kappa shape index (κ3) is 7.23. The van der Waals surface area contributed by atoms with E-state index >= 15 is 8.78 Å². The summed E-state index contributed by atoms with van der Waals surface area (Å²) in [5.74, 6) is -11.5. The summed E-state index contributed by atoms with van der Waals surface area (Å²) in [5, 5.41) is 1.98. The molecule has 0 unspecified atom stereocenters. The molecule has 0 atom stereocenters. The minimum absolute atomic E-state index is 0.0437. The van der Waals surface area contributed by atoms with Crippen LogP contribution in [0, 0.1) is 46.5 Å². The first-order chi connectivity index (χ1) is 24.3. The molecule has 0 bridgehead atoms. The topological polar surface area (TPSA) is 26.3 Å². The van der Waals surface area contributed by atoms with Crippen molar-refractivity contribution in [3.05, 3.63) is 161 Å². The summed E-state index contributed by atoms with van der Waals surface area (Å²) in [4.78, 5) is 12.2. The van der Waals surface area contributed by atoms with Gasteiger partial charge in [-0.3, -0.25) is 4.79 Å². The quantitative estimate of drug-likeness (QED) is 0.0419. The Balaban J connectivity index is 0.000000236. The number of Topliss-reactive ketones (excluding diaryl/α,β-unsaturated/α-hetero) is 1. The Labute approximate surface area is 292 Å². The predicted molar refractivity (Wildman–Crippen MR) is 189 cm³/mol. The van der Waals surface area contributed by atoms with E-state index in [1.807, 2.05) is 36.4 Å². The van der Waals surface area contributed by atoms with Gasteiger partial charge in [-0.1, -0.05) is 60.7 Å². The van der Waals surface area contributed by atoms with Crippen LogP contribution < -0.4 is 26.6 Å². The molecule has 12 heteroatoms. The number of carbonyl (C=O) groups is 1. The van der Waals surface area contributed by atoms with Crippen molar-refractivity contribution in [2.45, 2.75) is 0 Å². The molecular weight excluding hydrogens is 695 g/mol. The predicted octanol–water partition coefficient (Wildman–Crippen LogP) is 7.09. The Morgan fingerprint density at radius 3 is 1.33 bits per heavy atom. The molecule has 0 aliphatic rings. The first-order valence-electron chi connectivity index (χ1n) is 15.4. The largest absolute Gasteiger partial charge is 0.496 e. The van der Waals surface area contributed by atoms with Crippen LogP contribution in [0.2, 0.25) is 0 Å². The molecule has 2 nitrogen and oxygen atoms in total. The third-order valence-electron chi connectivity index (χ3n) is 8.61. The molecule has 6 aromatic carbocycles. The van der Waals surface area contributed by atoms with E-state index < -0.39 is 58.1 Å². The molecule has 0 radical (unpaired) electrons. The van der Waals surface area contributed by atoms with Gasteiger partial charge in [-0.2, -0.15) is 16.4 Å². The average Bonchev–Trinajstić information content (AvgIpc) is 3.12. The fraction of sp³-hybridized carbons (Fsp3) is 0.103. The molecule has 0 fully saturated rings. The van der Waals surface area contributed by atoms with Gasteiger partial charge in [0.25, 0.3) is 0 Å². The van der Waals surface area contributed by atoms with Crippen LogP contribution in [0.1, 0.15) is 10.4 Å². The summed E-state index contributed by atoms with van der Waals surface area (Å²) in [6.45, 7) is 0. The van der Waals surface area contributed by atoms with E-state index in [1.54, 1.807) is 7.11 Å². The Hall–Kier alpha value is -5.10. The number of benzene rings is 6. The number of hydrogen-bond donors (Lipinski definition) is 0. The van der Waals surface area contributed by atoms with E-state index in [9.17, 15) is 31.1 Å². The smallest absolute Gasteiger partial charge is 0.212 e. The fourth-order valence-corrected chi connectivity index (χ4v) is 7.05. The van der Waals surface area contributed by atoms with Crippen LogP contribution in [0.25, 0.3) is 10.8 Å². The number of halogens is 8. The van der Waals surface area contributed by atoms with Crippen LogP contribution in [-0.2, 0) is 10.9 Å². The highest BCUT2D eigenvalue weighted by Gasteiger charge is 2.39. The zero-order chi connectivity index (χ0) is 37.0. The Bertz CT molecular complexity index is 2050. The van der Waals surface area contributed by atoms with Crippen LogP contribution in [0.15, 0.2) is 109 Å². The lowest BCUT2D eigenvalue weighted by molar-refractivity contribution is 0.102. The Morgan fingerprint density at radius 2 is 0.941 bits per heavy atom. The van der Waals surface area contributed by atoms with E-state index in [-0.39, 0.29) is 33.1 Å². The van der Waals surface area contributed by atoms with Gasteiger partial charge in [0.2, 0.25) is 5.78 Å². The molecule has 51 heavy (non-hydrogen) atoms. The number of methoxy groups -OCH3 is 1. The summed E-state index contributed by atoms with van der Waals surface area (Å²) in [7, 11) is 1.77. The SMILES string of the molecule is COc1ccc(C(=O)C[S+](C)C)c2ccccc12.Fc1ccc([B-](c2ccc(F)cc2)(c2ccc(F)cc2)c2c(F)c(F)c(F)c(F)c2F)cc1. The number of ketones is 1. The zero-order valence-electron chi connectivity index (χ0n) is 27.4. The van der Waals surface area contributed by atoms with Crippen LogP contribution >= 0.6 is 0 Å². The van der Waals surface area contributed by atoms with Gasteiger partial charge in [0, 0.05) is 10.9 Å². The van der Waals surface area contributed by atoms with E-state index in [0.29, 0.717) is 5.75 Å². The van der Waals surface area contributed by atoms with Crippen LogP contribution in [0.4, 0.5) is 35.1 Å². The lowest BCUT2D eigenvalue weighted by atomic mass is 9.13. The maximum Gasteiger partial charge on any atom is 0.212 e. The van der Waals surface area contributed by atoms with Gasteiger partial charge in [0.05, 0.1) is 19.6 Å².